The van der Waals surface area contributed by atoms with Crippen molar-refractivity contribution in [3.8, 4) is 0 Å². The normalized spacial score (nSPS) is 15.0. The van der Waals surface area contributed by atoms with Crippen LogP contribution in [0.4, 0.5) is 23.0 Å². The van der Waals surface area contributed by atoms with Gasteiger partial charge in [0.1, 0.15) is 23.7 Å². The Balaban J connectivity index is 0.000000182. The van der Waals surface area contributed by atoms with Crippen LogP contribution in [0, 0.1) is 13.8 Å². The van der Waals surface area contributed by atoms with E-state index in [1.807, 2.05) is 86.9 Å². The summed E-state index contributed by atoms with van der Waals surface area (Å²) in [5.74, 6) is 0.664. The van der Waals surface area contributed by atoms with Crippen molar-refractivity contribution in [3.05, 3.63) is 168 Å². The second-order valence-corrected chi connectivity index (χ2v) is 21.5. The summed E-state index contributed by atoms with van der Waals surface area (Å²) < 4.78 is 68.8. The Labute approximate surface area is 430 Å². The third kappa shape index (κ3) is 12.8. The predicted octanol–water partition coefficient (Wildman–Crippen LogP) is 6.47. The Kier molecular flexibility index (Phi) is 16.1. The highest BCUT2D eigenvalue weighted by atomic mass is 32.2. The third-order valence-electron chi connectivity index (χ3n) is 12.8. The number of morpholine rings is 2. The molecule has 20 heteroatoms. The molecular weight excluding hydrogens is 981 g/mol. The topological polar surface area (TPSA) is 233 Å². The molecule has 6 N–H and O–H groups in total. The monoisotopic (exact) mass is 1040 g/mol. The van der Waals surface area contributed by atoms with E-state index in [1.54, 1.807) is 48.8 Å². The summed E-state index contributed by atoms with van der Waals surface area (Å²) in [5.41, 5.74) is 6.37. The average molecular weight is 1040 g/mol. The van der Waals surface area contributed by atoms with Gasteiger partial charge in [0.15, 0.2) is 0 Å². The van der Waals surface area contributed by atoms with Crippen LogP contribution >= 0.6 is 0 Å². The summed E-state index contributed by atoms with van der Waals surface area (Å²) in [5, 5.41) is 7.54. The minimum absolute atomic E-state index is 0.103. The van der Waals surface area contributed by atoms with Crippen LogP contribution in [-0.2, 0) is 52.0 Å². The molecule has 0 saturated carbocycles. The molecule has 2 saturated heterocycles. The first-order valence-corrected chi connectivity index (χ1v) is 27.2. The Bertz CT molecular complexity index is 3180. The lowest BCUT2D eigenvalue weighted by atomic mass is 10.1. The molecule has 2 aliphatic rings. The highest BCUT2D eigenvalue weighted by Crippen LogP contribution is 2.24. The number of para-hydroxylation sites is 2. The van der Waals surface area contributed by atoms with Crippen molar-refractivity contribution in [2.75, 3.05) is 73.0 Å². The second-order valence-electron chi connectivity index (χ2n) is 18.1. The fourth-order valence-corrected chi connectivity index (χ4v) is 11.1. The van der Waals surface area contributed by atoms with Gasteiger partial charge in [-0.1, -0.05) is 71.8 Å². The van der Waals surface area contributed by atoms with Crippen LogP contribution in [0.3, 0.4) is 0 Å². The van der Waals surface area contributed by atoms with Gasteiger partial charge in [0.05, 0.1) is 60.0 Å². The van der Waals surface area contributed by atoms with Gasteiger partial charge >= 0.3 is 0 Å². The van der Waals surface area contributed by atoms with Crippen LogP contribution in [0.5, 0.6) is 0 Å². The van der Waals surface area contributed by atoms with Crippen LogP contribution < -0.4 is 29.9 Å². The van der Waals surface area contributed by atoms with Gasteiger partial charge in [0.25, 0.3) is 0 Å². The van der Waals surface area contributed by atoms with Crippen molar-refractivity contribution in [1.29, 1.82) is 0 Å². The Morgan fingerprint density at radius 2 is 0.919 bits per heavy atom. The van der Waals surface area contributed by atoms with Gasteiger partial charge in [0, 0.05) is 60.4 Å². The number of aromatic nitrogens is 4. The fraction of sp³-hybridized carbons (Fsp3) is 0.259. The summed E-state index contributed by atoms with van der Waals surface area (Å²) in [6.45, 7) is 9.39. The summed E-state index contributed by atoms with van der Waals surface area (Å²) in [6.07, 6.45) is 7.12. The molecule has 0 spiro atoms. The van der Waals surface area contributed by atoms with Gasteiger partial charge < -0.3 is 39.9 Å². The van der Waals surface area contributed by atoms with Gasteiger partial charge in [0.2, 0.25) is 31.9 Å². The number of amides is 2. The van der Waals surface area contributed by atoms with E-state index in [0.29, 0.717) is 37.8 Å². The van der Waals surface area contributed by atoms with Gasteiger partial charge in [-0.15, -0.1) is 0 Å². The van der Waals surface area contributed by atoms with Crippen molar-refractivity contribution < 1.29 is 35.9 Å². The van der Waals surface area contributed by atoms with E-state index >= 15 is 0 Å². The first-order chi connectivity index (χ1) is 35.8. The van der Waals surface area contributed by atoms with E-state index in [1.165, 1.54) is 24.3 Å². The van der Waals surface area contributed by atoms with E-state index in [4.69, 9.17) is 9.47 Å². The molecule has 0 radical (unpaired) electrons. The number of hydrogen-bond acceptors (Lipinski definition) is 12. The lowest BCUT2D eigenvalue weighted by Gasteiger charge is -2.27. The Hall–Kier alpha value is -7.46. The number of H-pyrrole nitrogens is 2. The number of aryl methyl sites for hydroxylation is 2. The number of carbonyl (C=O) groups is 2. The number of hydrogen-bond donors (Lipinski definition) is 6. The molecule has 4 aromatic heterocycles. The molecule has 2 aliphatic heterocycles. The van der Waals surface area contributed by atoms with E-state index in [-0.39, 0.29) is 22.6 Å². The zero-order chi connectivity index (χ0) is 51.7. The maximum Gasteiger partial charge on any atom is 0.242 e. The van der Waals surface area contributed by atoms with Gasteiger partial charge in [-0.05, 0) is 98.5 Å². The number of anilines is 4. The summed E-state index contributed by atoms with van der Waals surface area (Å²) in [6, 6.07) is 33.6. The van der Waals surface area contributed by atoms with E-state index < -0.39 is 43.9 Å². The lowest BCUT2D eigenvalue weighted by molar-refractivity contribution is -0.118. The van der Waals surface area contributed by atoms with Crippen LogP contribution in [0.25, 0.3) is 21.8 Å². The zero-order valence-electron chi connectivity index (χ0n) is 41.0. The molecule has 0 unspecified atom stereocenters. The van der Waals surface area contributed by atoms with Gasteiger partial charge in [-0.3, -0.25) is 9.59 Å². The smallest absolute Gasteiger partial charge is 0.242 e. The molecular formula is C54H58N10O8S2. The molecule has 10 rings (SSSR count). The number of aromatic amines is 2. The SMILES string of the molecule is Cc1ccc(S(=O)(=O)N[C@@H](Cc2c[nH]c3ccccc23)C(=O)Nc2ccc(N3CCOCC3)nc2)cc1.Cc1ccc(S(=O)(=O)N[C@@H](Cc2c[nH]c3ccccc23)C(=O)Nc2ccc(N3CCOCC3)nc2)cc1. The number of rotatable bonds is 16. The summed E-state index contributed by atoms with van der Waals surface area (Å²) in [4.78, 5) is 46.6. The molecule has 8 aromatic rings. The quantitative estimate of drug-likeness (QED) is 0.0612. The standard InChI is InChI=1S/2C27H29N5O4S/c2*1-19-6-9-22(10-7-19)37(34,35)31-25(16-20-17-28-24-5-3-2-4-23(20)24)27(33)30-21-8-11-26(29-18-21)32-12-14-36-15-13-32/h2*2-11,17-18,25,28,31H,12-16H2,1H3,(H,30,33)/t2*25-/m00/s1. The maximum atomic E-state index is 13.4. The number of nitrogens with zero attached hydrogens (tertiary/aromatic N) is 4. The van der Waals surface area contributed by atoms with Crippen LogP contribution in [-0.4, -0.2) is 113 Å². The molecule has 2 amide bonds. The number of benzene rings is 4. The predicted molar refractivity (Wildman–Crippen MR) is 286 cm³/mol. The number of carbonyl (C=O) groups excluding carboxylic acids is 2. The van der Waals surface area contributed by atoms with E-state index in [2.05, 4.69) is 49.8 Å². The first-order valence-electron chi connectivity index (χ1n) is 24.3. The lowest BCUT2D eigenvalue weighted by Crippen LogP contribution is -2.45. The van der Waals surface area contributed by atoms with Crippen molar-refractivity contribution >= 4 is 76.7 Å². The molecule has 18 nitrogen and oxygen atoms in total. The molecule has 2 atom stereocenters. The van der Waals surface area contributed by atoms with Crippen LogP contribution in [0.15, 0.2) is 156 Å². The van der Waals surface area contributed by atoms with Crippen molar-refractivity contribution in [2.24, 2.45) is 0 Å². The molecule has 0 bridgehead atoms. The third-order valence-corrected chi connectivity index (χ3v) is 15.8. The van der Waals surface area contributed by atoms with Gasteiger partial charge in [-0.25, -0.2) is 26.8 Å². The number of fused-ring (bicyclic) bond motifs is 2. The largest absolute Gasteiger partial charge is 0.378 e. The average Bonchev–Trinajstić information content (AvgIpc) is 4.03. The highest BCUT2D eigenvalue weighted by Gasteiger charge is 2.29. The molecule has 0 aliphatic carbocycles. The number of ether oxygens (including phenoxy) is 2. The fourth-order valence-electron chi connectivity index (χ4n) is 8.70. The first kappa shape index (κ1) is 51.4. The highest BCUT2D eigenvalue weighted by molar-refractivity contribution is 7.89. The molecule has 74 heavy (non-hydrogen) atoms. The van der Waals surface area contributed by atoms with Crippen molar-refractivity contribution in [2.45, 2.75) is 48.6 Å². The number of sulfonamides is 2. The molecule has 6 heterocycles. The van der Waals surface area contributed by atoms with Gasteiger partial charge in [-0.2, -0.15) is 9.44 Å². The van der Waals surface area contributed by atoms with E-state index in [0.717, 1.165) is 81.9 Å². The summed E-state index contributed by atoms with van der Waals surface area (Å²) in [7, 11) is -7.89. The number of pyridine rings is 2. The number of nitrogens with one attached hydrogen (secondary N) is 6. The molecule has 4 aromatic carbocycles. The zero-order valence-corrected chi connectivity index (χ0v) is 42.6. The van der Waals surface area contributed by atoms with Crippen LogP contribution in [0.1, 0.15) is 22.3 Å². The minimum atomic E-state index is -3.95. The van der Waals surface area contributed by atoms with E-state index in [9.17, 15) is 26.4 Å². The maximum absolute atomic E-state index is 13.4. The molecule has 2 fully saturated rings. The second kappa shape index (κ2) is 23.2. The molecule has 384 valence electrons. The minimum Gasteiger partial charge on any atom is -0.378 e. The Morgan fingerprint density at radius 3 is 1.28 bits per heavy atom. The Morgan fingerprint density at radius 1 is 0.541 bits per heavy atom. The summed E-state index contributed by atoms with van der Waals surface area (Å²) >= 11 is 0. The van der Waals surface area contributed by atoms with Crippen LogP contribution in [0.2, 0.25) is 0 Å². The van der Waals surface area contributed by atoms with Crippen molar-refractivity contribution in [3.63, 3.8) is 0 Å². The van der Waals surface area contributed by atoms with Crippen molar-refractivity contribution in [1.82, 2.24) is 29.4 Å².